The van der Waals surface area contributed by atoms with Crippen molar-refractivity contribution in [3.05, 3.63) is 99.6 Å². The van der Waals surface area contributed by atoms with Crippen LogP contribution in [-0.4, -0.2) is 79.1 Å². The van der Waals surface area contributed by atoms with Gasteiger partial charge in [-0.1, -0.05) is 18.1 Å². The molecule has 2 fully saturated rings. The Morgan fingerprint density at radius 3 is 2.67 bits per heavy atom. The summed E-state index contributed by atoms with van der Waals surface area (Å²) in [6.07, 6.45) is 5.62. The van der Waals surface area contributed by atoms with Crippen LogP contribution in [0.5, 0.6) is 0 Å². The number of anilines is 3. The summed E-state index contributed by atoms with van der Waals surface area (Å²) < 4.78 is 7.54. The Labute approximate surface area is 332 Å². The number of pyridine rings is 3. The molecule has 3 aliphatic rings. The molecule has 0 bridgehead atoms. The number of rotatable bonds is 6. The number of hydrogen-bond donors (Lipinski definition) is 3. The maximum atomic E-state index is 13.0. The van der Waals surface area contributed by atoms with Crippen LogP contribution in [0.15, 0.2) is 70.1 Å². The number of carbonyl (C=O) groups excluding carboxylic acids is 3. The molecule has 9 rings (SSSR count). The highest BCUT2D eigenvalue weighted by Gasteiger charge is 2.38. The number of imide groups is 1. The number of aryl methyl sites for hydroxylation is 3. The maximum Gasteiger partial charge on any atom is 0.270 e. The van der Waals surface area contributed by atoms with Gasteiger partial charge in [0.1, 0.15) is 22.9 Å². The molecule has 5 aromatic heterocycles. The number of nitrogens with one attached hydrogen (secondary N) is 2. The molecule has 1 unspecified atom stereocenters. The average molecular weight is 778 g/mol. The first kappa shape index (κ1) is 36.7. The van der Waals surface area contributed by atoms with Crippen molar-refractivity contribution >= 4 is 56.9 Å². The summed E-state index contributed by atoms with van der Waals surface area (Å²) in [5.74, 6) is 6.67. The maximum absolute atomic E-state index is 13.0. The second-order valence-corrected chi connectivity index (χ2v) is 15.4. The highest BCUT2D eigenvalue weighted by Crippen LogP contribution is 2.39. The van der Waals surface area contributed by atoms with E-state index in [4.69, 9.17) is 19.4 Å². The van der Waals surface area contributed by atoms with E-state index in [1.54, 1.807) is 62.1 Å². The molecule has 6 aromatic rings. The van der Waals surface area contributed by atoms with E-state index in [1.807, 2.05) is 29.2 Å². The van der Waals surface area contributed by atoms with Crippen molar-refractivity contribution in [2.45, 2.75) is 51.0 Å². The minimum absolute atomic E-state index is 0.0471. The molecular formula is C43H39N9O6. The first-order valence-electron chi connectivity index (χ1n) is 19.1. The van der Waals surface area contributed by atoms with Crippen molar-refractivity contribution in [1.82, 2.24) is 35.1 Å². The lowest BCUT2D eigenvalue weighted by molar-refractivity contribution is -0.134. The number of fused-ring (bicyclic) bond motifs is 3. The van der Waals surface area contributed by atoms with Gasteiger partial charge in [-0.15, -0.1) is 0 Å². The van der Waals surface area contributed by atoms with Gasteiger partial charge in [0.2, 0.25) is 11.8 Å². The SMILES string of the molecule is Cc1cc2c(N3CCCc4nc(-c5ccc(C(=O)NCC#Cc6cc7c(C8CCC(=O)NC8=O)cccc7o6)nc5)ncc43)nc(N3CC(C)(O)C3)cc2n(C)c1=O. The predicted octanol–water partition coefficient (Wildman–Crippen LogP) is 3.80. The number of nitrogens with zero attached hydrogens (tertiary/aromatic N) is 7. The number of amides is 3. The molecular weight excluding hydrogens is 739 g/mol. The van der Waals surface area contributed by atoms with E-state index in [-0.39, 0.29) is 36.0 Å². The van der Waals surface area contributed by atoms with Crippen LogP contribution < -0.4 is 26.0 Å². The summed E-state index contributed by atoms with van der Waals surface area (Å²) in [5.41, 5.74) is 4.39. The van der Waals surface area contributed by atoms with Crippen molar-refractivity contribution in [1.29, 1.82) is 0 Å². The Morgan fingerprint density at radius 2 is 1.90 bits per heavy atom. The summed E-state index contributed by atoms with van der Waals surface area (Å²) >= 11 is 0. The molecule has 0 spiro atoms. The lowest BCUT2D eigenvalue weighted by atomic mass is 9.88. The van der Waals surface area contributed by atoms with Gasteiger partial charge in [0.15, 0.2) is 11.6 Å². The topological polar surface area (TPSA) is 189 Å². The van der Waals surface area contributed by atoms with Gasteiger partial charge < -0.3 is 29.2 Å². The number of β-amino-alcohol motifs (C(OH)–C–C–N with tert-alkyl or cyclic N) is 1. The second-order valence-electron chi connectivity index (χ2n) is 15.4. The van der Waals surface area contributed by atoms with Gasteiger partial charge in [0, 0.05) is 73.3 Å². The van der Waals surface area contributed by atoms with E-state index < -0.39 is 17.4 Å². The monoisotopic (exact) mass is 777 g/mol. The normalized spacial score (nSPS) is 17.3. The molecule has 2 saturated heterocycles. The Kier molecular flexibility index (Phi) is 9.00. The smallest absolute Gasteiger partial charge is 0.270 e. The number of piperidine rings is 1. The number of aromatic nitrogens is 5. The number of hydrogen-bond acceptors (Lipinski definition) is 12. The van der Waals surface area contributed by atoms with E-state index in [9.17, 15) is 24.3 Å². The van der Waals surface area contributed by atoms with Crippen LogP contribution in [0.25, 0.3) is 33.3 Å². The molecule has 0 aliphatic carbocycles. The van der Waals surface area contributed by atoms with Crippen molar-refractivity contribution in [2.24, 2.45) is 7.05 Å². The number of furan rings is 1. The fourth-order valence-electron chi connectivity index (χ4n) is 8.04. The van der Waals surface area contributed by atoms with Crippen LogP contribution >= 0.6 is 0 Å². The third kappa shape index (κ3) is 6.71. The molecule has 58 heavy (non-hydrogen) atoms. The molecule has 8 heterocycles. The van der Waals surface area contributed by atoms with Gasteiger partial charge in [-0.3, -0.25) is 29.5 Å². The fourth-order valence-corrected chi connectivity index (χ4v) is 8.04. The molecule has 15 heteroatoms. The quantitative estimate of drug-likeness (QED) is 0.164. The molecule has 1 aromatic carbocycles. The van der Waals surface area contributed by atoms with Crippen LogP contribution in [0.4, 0.5) is 17.3 Å². The first-order chi connectivity index (χ1) is 27.9. The lowest BCUT2D eigenvalue weighted by Crippen LogP contribution is -2.60. The number of aliphatic hydroxyl groups is 1. The first-order valence-corrected chi connectivity index (χ1v) is 19.1. The predicted molar refractivity (Wildman–Crippen MR) is 216 cm³/mol. The second kappa shape index (κ2) is 14.2. The molecule has 15 nitrogen and oxygen atoms in total. The summed E-state index contributed by atoms with van der Waals surface area (Å²) in [6, 6.07) is 14.4. The zero-order chi connectivity index (χ0) is 40.3. The largest absolute Gasteiger partial charge is 0.448 e. The van der Waals surface area contributed by atoms with Crippen molar-refractivity contribution in [3.8, 4) is 23.2 Å². The fraction of sp³-hybridized carbons (Fsp3) is 0.302. The summed E-state index contributed by atoms with van der Waals surface area (Å²) in [7, 11) is 1.77. The zero-order valence-corrected chi connectivity index (χ0v) is 32.1. The summed E-state index contributed by atoms with van der Waals surface area (Å²) in [6.45, 7) is 5.21. The van der Waals surface area contributed by atoms with Gasteiger partial charge in [0.05, 0.1) is 41.2 Å². The minimum Gasteiger partial charge on any atom is -0.448 e. The Balaban J connectivity index is 0.899. The van der Waals surface area contributed by atoms with Gasteiger partial charge in [-0.25, -0.2) is 15.0 Å². The highest BCUT2D eigenvalue weighted by molar-refractivity contribution is 6.03. The van der Waals surface area contributed by atoms with Gasteiger partial charge in [-0.2, -0.15) is 0 Å². The Bertz CT molecular complexity index is 2810. The van der Waals surface area contributed by atoms with Crippen molar-refractivity contribution < 1.29 is 23.9 Å². The van der Waals surface area contributed by atoms with E-state index in [0.29, 0.717) is 66.0 Å². The van der Waals surface area contributed by atoms with Crippen molar-refractivity contribution in [2.75, 3.05) is 36.0 Å². The molecule has 292 valence electrons. The summed E-state index contributed by atoms with van der Waals surface area (Å²) in [4.78, 5) is 73.3. The van der Waals surface area contributed by atoms with E-state index in [0.717, 1.165) is 46.1 Å². The van der Waals surface area contributed by atoms with Gasteiger partial charge in [-0.05, 0) is 68.9 Å². The average Bonchev–Trinajstić information content (AvgIpc) is 3.63. The molecule has 0 radical (unpaired) electrons. The van der Waals surface area contributed by atoms with Crippen LogP contribution in [0, 0.1) is 18.8 Å². The van der Waals surface area contributed by atoms with Crippen LogP contribution in [0.1, 0.15) is 65.2 Å². The molecule has 3 aliphatic heterocycles. The standard InChI is InChI=1S/C43H39N9O6/c1-24-17-30-33(50(3)42(24)56)19-36(51-22-43(2,57)23-51)48-39(30)52-16-6-9-31-34(52)21-46-38(47-31)25-11-13-32(45-20-25)41(55)44-15-5-7-26-18-29-27(8-4-10-35(29)58-26)28-12-14-37(53)49-40(28)54/h4,8,10-11,13,17-21,28,57H,6,9,12,14-16,22-23H2,1-3H3,(H,44,55)(H,49,53,54). The lowest BCUT2D eigenvalue weighted by Gasteiger charge is -2.45. The van der Waals surface area contributed by atoms with Gasteiger partial charge >= 0.3 is 0 Å². The van der Waals surface area contributed by atoms with Gasteiger partial charge in [0.25, 0.3) is 11.5 Å². The molecule has 3 amide bonds. The third-order valence-corrected chi connectivity index (χ3v) is 11.0. The molecule has 0 saturated carbocycles. The zero-order valence-electron chi connectivity index (χ0n) is 32.1. The van der Waals surface area contributed by atoms with E-state index in [2.05, 4.69) is 32.4 Å². The van der Waals surface area contributed by atoms with Crippen LogP contribution in [-0.2, 0) is 23.1 Å². The van der Waals surface area contributed by atoms with E-state index >= 15 is 0 Å². The van der Waals surface area contributed by atoms with Crippen LogP contribution in [0.2, 0.25) is 0 Å². The number of benzene rings is 1. The molecule has 1 atom stereocenters. The number of carbonyl (C=O) groups is 3. The summed E-state index contributed by atoms with van der Waals surface area (Å²) in [5, 5.41) is 17.2. The third-order valence-electron chi connectivity index (χ3n) is 11.0. The molecule has 3 N–H and O–H groups in total. The Hall–Kier alpha value is -6.92. The van der Waals surface area contributed by atoms with Crippen LogP contribution in [0.3, 0.4) is 0 Å². The van der Waals surface area contributed by atoms with E-state index in [1.165, 1.54) is 0 Å². The minimum atomic E-state index is -0.795. The van der Waals surface area contributed by atoms with Crippen molar-refractivity contribution in [3.63, 3.8) is 0 Å². The highest BCUT2D eigenvalue weighted by atomic mass is 16.3. The Morgan fingerprint density at radius 1 is 1.05 bits per heavy atom.